The molecule has 100 valence electrons. The standard InChI is InChI=1S/C9H4BrClF5NO/c10-1-4-6(7(11)18)5(8(12)13)3(2-17-4)9(14,15)16/h2,8H,1H2. The van der Waals surface area contributed by atoms with E-state index < -0.39 is 34.5 Å². The molecule has 1 aromatic heterocycles. The predicted octanol–water partition coefficient (Wildman–Crippen LogP) is 4.31. The third-order valence-corrected chi connectivity index (χ3v) is 2.76. The summed E-state index contributed by atoms with van der Waals surface area (Å²) in [5, 5.41) is -1.57. The lowest BCUT2D eigenvalue weighted by Gasteiger charge is -2.16. The van der Waals surface area contributed by atoms with Crippen LogP contribution in [0.5, 0.6) is 0 Å². The molecule has 0 radical (unpaired) electrons. The van der Waals surface area contributed by atoms with Crippen molar-refractivity contribution in [2.45, 2.75) is 17.9 Å². The van der Waals surface area contributed by atoms with Gasteiger partial charge < -0.3 is 0 Å². The highest BCUT2D eigenvalue weighted by atomic mass is 79.9. The molecule has 18 heavy (non-hydrogen) atoms. The van der Waals surface area contributed by atoms with Gasteiger partial charge in [-0.15, -0.1) is 0 Å². The first-order chi connectivity index (χ1) is 8.20. The van der Waals surface area contributed by atoms with Gasteiger partial charge in [-0.05, 0) is 11.6 Å². The number of carbonyl (C=O) groups excluding carboxylic acids is 1. The minimum atomic E-state index is -5.04. The zero-order chi connectivity index (χ0) is 14.1. The average molecular weight is 352 g/mol. The SMILES string of the molecule is O=C(Cl)c1c(CBr)ncc(C(F)(F)F)c1C(F)F. The maximum absolute atomic E-state index is 12.7. The van der Waals surface area contributed by atoms with Gasteiger partial charge in [-0.2, -0.15) is 13.2 Å². The number of carbonyl (C=O) groups is 1. The van der Waals surface area contributed by atoms with Gasteiger partial charge in [-0.3, -0.25) is 9.78 Å². The Morgan fingerprint density at radius 2 is 2.00 bits per heavy atom. The average Bonchev–Trinajstić information content (AvgIpc) is 2.25. The van der Waals surface area contributed by atoms with Crippen LogP contribution in [0.4, 0.5) is 22.0 Å². The van der Waals surface area contributed by atoms with E-state index in [1.165, 1.54) is 0 Å². The molecule has 0 aliphatic carbocycles. The van der Waals surface area contributed by atoms with Crippen LogP contribution in [0.15, 0.2) is 6.20 Å². The van der Waals surface area contributed by atoms with Crippen molar-refractivity contribution in [3.8, 4) is 0 Å². The molecule has 0 aliphatic heterocycles. The van der Waals surface area contributed by atoms with E-state index in [0.717, 1.165) is 0 Å². The normalized spacial score (nSPS) is 12.0. The molecule has 0 saturated carbocycles. The summed E-state index contributed by atoms with van der Waals surface area (Å²) in [4.78, 5) is 14.4. The van der Waals surface area contributed by atoms with Crippen LogP contribution in [0.25, 0.3) is 0 Å². The highest BCUT2D eigenvalue weighted by Gasteiger charge is 2.39. The minimum absolute atomic E-state index is 0.168. The fraction of sp³-hybridized carbons (Fsp3) is 0.333. The topological polar surface area (TPSA) is 30.0 Å². The van der Waals surface area contributed by atoms with Gasteiger partial charge in [0.2, 0.25) is 0 Å². The summed E-state index contributed by atoms with van der Waals surface area (Å²) in [6.45, 7) is 0. The Bertz CT molecular complexity index is 477. The first-order valence-electron chi connectivity index (χ1n) is 4.33. The quantitative estimate of drug-likeness (QED) is 0.461. The molecule has 1 heterocycles. The van der Waals surface area contributed by atoms with Crippen LogP contribution in [-0.2, 0) is 11.5 Å². The van der Waals surface area contributed by atoms with Gasteiger partial charge in [-0.25, -0.2) is 8.78 Å². The van der Waals surface area contributed by atoms with Gasteiger partial charge in [0.1, 0.15) is 0 Å². The first-order valence-corrected chi connectivity index (χ1v) is 5.83. The van der Waals surface area contributed by atoms with Gasteiger partial charge in [0, 0.05) is 17.1 Å². The Balaban J connectivity index is 3.68. The van der Waals surface area contributed by atoms with Crippen LogP contribution in [0.1, 0.15) is 33.6 Å². The van der Waals surface area contributed by atoms with Crippen molar-refractivity contribution in [2.24, 2.45) is 0 Å². The van der Waals surface area contributed by atoms with Crippen LogP contribution < -0.4 is 0 Å². The maximum Gasteiger partial charge on any atom is 0.418 e. The molecule has 0 saturated heterocycles. The number of aromatic nitrogens is 1. The van der Waals surface area contributed by atoms with Crippen molar-refractivity contribution >= 4 is 32.8 Å². The number of hydrogen-bond acceptors (Lipinski definition) is 2. The number of hydrogen-bond donors (Lipinski definition) is 0. The lowest BCUT2D eigenvalue weighted by atomic mass is 10.0. The fourth-order valence-corrected chi connectivity index (χ4v) is 1.98. The Morgan fingerprint density at radius 1 is 1.44 bits per heavy atom. The van der Waals surface area contributed by atoms with E-state index in [1.54, 1.807) is 0 Å². The molecule has 0 bridgehead atoms. The predicted molar refractivity (Wildman–Crippen MR) is 57.0 cm³/mol. The Kier molecular flexibility index (Phi) is 4.66. The number of halogens is 7. The lowest BCUT2D eigenvalue weighted by molar-refractivity contribution is -0.139. The molecule has 1 rings (SSSR count). The summed E-state index contributed by atoms with van der Waals surface area (Å²) in [6, 6.07) is 0. The summed E-state index contributed by atoms with van der Waals surface area (Å²) in [6.07, 6.45) is -8.26. The van der Waals surface area contributed by atoms with E-state index in [0.29, 0.717) is 0 Å². The largest absolute Gasteiger partial charge is 0.418 e. The van der Waals surface area contributed by atoms with Crippen molar-refractivity contribution < 1.29 is 26.7 Å². The van der Waals surface area contributed by atoms with E-state index in [2.05, 4.69) is 20.9 Å². The van der Waals surface area contributed by atoms with E-state index in [1.807, 2.05) is 0 Å². The van der Waals surface area contributed by atoms with Crippen molar-refractivity contribution in [3.05, 3.63) is 28.6 Å². The molecule has 0 fully saturated rings. The molecule has 2 nitrogen and oxygen atoms in total. The van der Waals surface area contributed by atoms with Gasteiger partial charge in [0.25, 0.3) is 11.7 Å². The van der Waals surface area contributed by atoms with Crippen molar-refractivity contribution in [3.63, 3.8) is 0 Å². The van der Waals surface area contributed by atoms with E-state index in [4.69, 9.17) is 11.6 Å². The molecule has 0 N–H and O–H groups in total. The van der Waals surface area contributed by atoms with Crippen LogP contribution in [0, 0.1) is 0 Å². The summed E-state index contributed by atoms with van der Waals surface area (Å²) in [5.41, 5.74) is -4.27. The zero-order valence-electron chi connectivity index (χ0n) is 8.36. The van der Waals surface area contributed by atoms with Gasteiger partial charge in [0.15, 0.2) is 0 Å². The Hall–Kier alpha value is -0.760. The summed E-state index contributed by atoms with van der Waals surface area (Å²) < 4.78 is 63.1. The van der Waals surface area contributed by atoms with Crippen molar-refractivity contribution in [2.75, 3.05) is 0 Å². The molecule has 0 aromatic carbocycles. The van der Waals surface area contributed by atoms with Crippen LogP contribution in [0.3, 0.4) is 0 Å². The summed E-state index contributed by atoms with van der Waals surface area (Å²) in [5.74, 6) is 0. The summed E-state index contributed by atoms with van der Waals surface area (Å²) in [7, 11) is 0. The van der Waals surface area contributed by atoms with Crippen LogP contribution in [0.2, 0.25) is 0 Å². The van der Waals surface area contributed by atoms with Gasteiger partial charge in [0.05, 0.1) is 16.8 Å². The van der Waals surface area contributed by atoms with Gasteiger partial charge >= 0.3 is 6.18 Å². The van der Waals surface area contributed by atoms with E-state index in [9.17, 15) is 26.7 Å². The third kappa shape index (κ3) is 2.97. The van der Waals surface area contributed by atoms with Crippen LogP contribution >= 0.6 is 27.5 Å². The number of alkyl halides is 6. The number of rotatable bonds is 3. The monoisotopic (exact) mass is 351 g/mol. The molecule has 0 aliphatic rings. The van der Waals surface area contributed by atoms with Gasteiger partial charge in [-0.1, -0.05) is 15.9 Å². The molecule has 0 atom stereocenters. The smallest absolute Gasteiger partial charge is 0.276 e. The highest BCUT2D eigenvalue weighted by molar-refractivity contribution is 9.08. The third-order valence-electron chi connectivity index (χ3n) is 2.04. The molecule has 0 unspecified atom stereocenters. The first kappa shape index (κ1) is 15.3. The molecule has 1 aromatic rings. The second kappa shape index (κ2) is 5.48. The van der Waals surface area contributed by atoms with Crippen molar-refractivity contribution in [1.29, 1.82) is 0 Å². The Labute approximate surface area is 111 Å². The van der Waals surface area contributed by atoms with E-state index in [-0.39, 0.29) is 17.2 Å². The molecular formula is C9H4BrClF5NO. The minimum Gasteiger partial charge on any atom is -0.276 e. The molecule has 0 spiro atoms. The molecule has 0 amide bonds. The summed E-state index contributed by atoms with van der Waals surface area (Å²) >= 11 is 7.89. The molecular weight excluding hydrogens is 348 g/mol. The second-order valence-corrected chi connectivity index (χ2v) is 4.02. The maximum atomic E-state index is 12.7. The fourth-order valence-electron chi connectivity index (χ4n) is 1.34. The van der Waals surface area contributed by atoms with E-state index >= 15 is 0 Å². The number of pyridine rings is 1. The highest BCUT2D eigenvalue weighted by Crippen LogP contribution is 2.39. The Morgan fingerprint density at radius 3 is 2.33 bits per heavy atom. The van der Waals surface area contributed by atoms with Crippen LogP contribution in [-0.4, -0.2) is 10.2 Å². The molecule has 9 heteroatoms. The number of nitrogens with zero attached hydrogens (tertiary/aromatic N) is 1. The zero-order valence-corrected chi connectivity index (χ0v) is 10.7. The lowest BCUT2D eigenvalue weighted by Crippen LogP contribution is -2.16. The second-order valence-electron chi connectivity index (χ2n) is 3.11. The van der Waals surface area contributed by atoms with Crippen molar-refractivity contribution in [1.82, 2.24) is 4.98 Å².